The zero-order chi connectivity index (χ0) is 21.4. The van der Waals surface area contributed by atoms with Gasteiger partial charge in [-0.15, -0.1) is 21.5 Å². The third-order valence-electron chi connectivity index (χ3n) is 4.81. The number of hydrogen-bond acceptors (Lipinski definition) is 6. The number of nitrogens with one attached hydrogen (secondary N) is 1. The van der Waals surface area contributed by atoms with Crippen LogP contribution in [0.3, 0.4) is 0 Å². The minimum absolute atomic E-state index is 0.0436. The number of hydrogen-bond donors (Lipinski definition) is 1. The maximum atomic E-state index is 12.9. The van der Waals surface area contributed by atoms with E-state index in [0.717, 1.165) is 22.3 Å². The number of rotatable bonds is 6. The van der Waals surface area contributed by atoms with Gasteiger partial charge >= 0.3 is 0 Å². The van der Waals surface area contributed by atoms with E-state index in [1.54, 1.807) is 4.57 Å². The van der Waals surface area contributed by atoms with Crippen molar-refractivity contribution < 1.29 is 4.79 Å². The van der Waals surface area contributed by atoms with Crippen molar-refractivity contribution in [1.82, 2.24) is 19.2 Å². The quantitative estimate of drug-likeness (QED) is 0.456. The number of fused-ring (bicyclic) bond motifs is 3. The molecule has 1 amide bonds. The van der Waals surface area contributed by atoms with Crippen molar-refractivity contribution >= 4 is 50.7 Å². The predicted molar refractivity (Wildman–Crippen MR) is 123 cm³/mol. The average molecular weight is 442 g/mol. The molecule has 0 radical (unpaired) electrons. The van der Waals surface area contributed by atoms with Crippen molar-refractivity contribution in [3.8, 4) is 0 Å². The van der Waals surface area contributed by atoms with Gasteiger partial charge in [-0.05, 0) is 42.3 Å². The number of thiophene rings is 1. The Morgan fingerprint density at radius 1 is 1.20 bits per heavy atom. The van der Waals surface area contributed by atoms with Crippen LogP contribution < -0.4 is 10.9 Å². The van der Waals surface area contributed by atoms with E-state index in [2.05, 4.69) is 29.4 Å². The van der Waals surface area contributed by atoms with Crippen LogP contribution in [0.2, 0.25) is 0 Å². The Hall–Kier alpha value is -2.65. The fraction of sp³-hybridized carbons (Fsp3) is 0.333. The summed E-state index contributed by atoms with van der Waals surface area (Å²) >= 11 is 2.73. The molecule has 0 aliphatic carbocycles. The molecule has 0 fully saturated rings. The van der Waals surface area contributed by atoms with E-state index in [9.17, 15) is 9.59 Å². The van der Waals surface area contributed by atoms with Gasteiger partial charge in [0.2, 0.25) is 11.7 Å². The SMILES string of the molecule is Cc1cccc(C)c1NC(=O)CSc1nnc2n(CC(C)C)c(=O)c3sccc3n12. The highest BCUT2D eigenvalue weighted by molar-refractivity contribution is 7.99. The van der Waals surface area contributed by atoms with Gasteiger partial charge in [-0.25, -0.2) is 0 Å². The van der Waals surface area contributed by atoms with E-state index in [4.69, 9.17) is 0 Å². The molecule has 7 nitrogen and oxygen atoms in total. The van der Waals surface area contributed by atoms with Crippen LogP contribution in [0, 0.1) is 19.8 Å². The molecule has 3 aromatic heterocycles. The summed E-state index contributed by atoms with van der Waals surface area (Å²) in [5.74, 6) is 0.895. The molecule has 0 saturated carbocycles. The molecule has 4 aromatic rings. The van der Waals surface area contributed by atoms with Crippen LogP contribution in [0.1, 0.15) is 25.0 Å². The Morgan fingerprint density at radius 2 is 1.93 bits per heavy atom. The third-order valence-corrected chi connectivity index (χ3v) is 6.63. The van der Waals surface area contributed by atoms with Gasteiger partial charge < -0.3 is 5.32 Å². The van der Waals surface area contributed by atoms with Gasteiger partial charge in [0.1, 0.15) is 4.70 Å². The van der Waals surface area contributed by atoms with Gasteiger partial charge in [-0.1, -0.05) is 43.8 Å². The minimum Gasteiger partial charge on any atom is -0.325 e. The molecule has 156 valence electrons. The van der Waals surface area contributed by atoms with E-state index in [0.29, 0.717) is 28.1 Å². The smallest absolute Gasteiger partial charge is 0.272 e. The first kappa shape index (κ1) is 20.6. The molecular formula is C21H23N5O2S2. The van der Waals surface area contributed by atoms with E-state index < -0.39 is 0 Å². The Morgan fingerprint density at radius 3 is 2.63 bits per heavy atom. The number of benzene rings is 1. The van der Waals surface area contributed by atoms with Crippen molar-refractivity contribution in [2.75, 3.05) is 11.1 Å². The lowest BCUT2D eigenvalue weighted by atomic mass is 10.1. The molecule has 0 saturated heterocycles. The van der Waals surface area contributed by atoms with Crippen LogP contribution in [0.25, 0.3) is 16.0 Å². The third kappa shape index (κ3) is 3.75. The van der Waals surface area contributed by atoms with Gasteiger partial charge in [0.05, 0.1) is 11.3 Å². The fourth-order valence-corrected chi connectivity index (χ4v) is 5.00. The average Bonchev–Trinajstić information content (AvgIpc) is 3.33. The first-order valence-corrected chi connectivity index (χ1v) is 11.6. The van der Waals surface area contributed by atoms with E-state index in [1.807, 2.05) is 47.9 Å². The topological polar surface area (TPSA) is 81.3 Å². The molecule has 0 bridgehead atoms. The highest BCUT2D eigenvalue weighted by Crippen LogP contribution is 2.25. The molecule has 0 atom stereocenters. The normalized spacial score (nSPS) is 11.6. The lowest BCUT2D eigenvalue weighted by Crippen LogP contribution is -2.24. The van der Waals surface area contributed by atoms with Gasteiger partial charge in [0.25, 0.3) is 5.56 Å². The zero-order valence-electron chi connectivity index (χ0n) is 17.3. The number of carbonyl (C=O) groups excluding carboxylic acids is 1. The van der Waals surface area contributed by atoms with Gasteiger partial charge in [0, 0.05) is 12.2 Å². The zero-order valence-corrected chi connectivity index (χ0v) is 18.9. The summed E-state index contributed by atoms with van der Waals surface area (Å²) < 4.78 is 4.23. The second kappa shape index (κ2) is 8.23. The number of carbonyl (C=O) groups is 1. The van der Waals surface area contributed by atoms with Crippen molar-refractivity contribution in [1.29, 1.82) is 0 Å². The van der Waals surface area contributed by atoms with Crippen molar-refractivity contribution in [3.63, 3.8) is 0 Å². The van der Waals surface area contributed by atoms with Crippen LogP contribution in [0.4, 0.5) is 5.69 Å². The summed E-state index contributed by atoms with van der Waals surface area (Å²) in [7, 11) is 0. The summed E-state index contributed by atoms with van der Waals surface area (Å²) in [4.78, 5) is 25.5. The first-order valence-electron chi connectivity index (χ1n) is 9.70. The van der Waals surface area contributed by atoms with Gasteiger partial charge in [-0.3, -0.25) is 18.6 Å². The Labute approximate surface area is 182 Å². The second-order valence-corrected chi connectivity index (χ2v) is 9.52. The molecule has 0 spiro atoms. The van der Waals surface area contributed by atoms with Crippen LogP contribution in [0.15, 0.2) is 39.6 Å². The molecule has 4 rings (SSSR count). The van der Waals surface area contributed by atoms with Crippen LogP contribution in [0.5, 0.6) is 0 Å². The molecular weight excluding hydrogens is 418 g/mol. The second-order valence-electron chi connectivity index (χ2n) is 7.67. The van der Waals surface area contributed by atoms with Crippen LogP contribution >= 0.6 is 23.1 Å². The van der Waals surface area contributed by atoms with E-state index in [1.165, 1.54) is 23.1 Å². The highest BCUT2D eigenvalue weighted by Gasteiger charge is 2.19. The van der Waals surface area contributed by atoms with E-state index >= 15 is 0 Å². The number of amides is 1. The number of aryl methyl sites for hydroxylation is 2. The Kier molecular flexibility index (Phi) is 5.66. The lowest BCUT2D eigenvalue weighted by molar-refractivity contribution is -0.113. The predicted octanol–water partition coefficient (Wildman–Crippen LogP) is 4.11. The molecule has 0 aliphatic rings. The van der Waals surface area contributed by atoms with Gasteiger partial charge in [-0.2, -0.15) is 0 Å². The highest BCUT2D eigenvalue weighted by atomic mass is 32.2. The largest absolute Gasteiger partial charge is 0.325 e. The number of aromatic nitrogens is 4. The minimum atomic E-state index is -0.105. The van der Waals surface area contributed by atoms with Gasteiger partial charge in [0.15, 0.2) is 5.16 Å². The molecule has 1 N–H and O–H groups in total. The molecule has 1 aromatic carbocycles. The molecule has 0 aliphatic heterocycles. The number of nitrogens with zero attached hydrogens (tertiary/aromatic N) is 4. The maximum absolute atomic E-state index is 12.9. The molecule has 30 heavy (non-hydrogen) atoms. The Balaban J connectivity index is 1.65. The summed E-state index contributed by atoms with van der Waals surface area (Å²) in [6.07, 6.45) is 0. The standard InChI is InChI=1S/C21H23N5O2S2/c1-12(2)10-25-19(28)18-15(8-9-29-18)26-20(25)23-24-21(26)30-11-16(27)22-17-13(3)6-5-7-14(17)4/h5-9,12H,10-11H2,1-4H3,(H,22,27). The molecule has 3 heterocycles. The number of para-hydroxylation sites is 1. The monoisotopic (exact) mass is 441 g/mol. The number of thioether (sulfide) groups is 1. The summed E-state index contributed by atoms with van der Waals surface area (Å²) in [5, 5.41) is 14.1. The summed E-state index contributed by atoms with van der Waals surface area (Å²) in [6, 6.07) is 7.82. The number of anilines is 1. The first-order chi connectivity index (χ1) is 14.4. The van der Waals surface area contributed by atoms with Crippen molar-refractivity contribution in [2.45, 2.75) is 39.4 Å². The fourth-order valence-electron chi connectivity index (χ4n) is 3.44. The lowest BCUT2D eigenvalue weighted by Gasteiger charge is -2.12. The van der Waals surface area contributed by atoms with Crippen LogP contribution in [-0.2, 0) is 11.3 Å². The maximum Gasteiger partial charge on any atom is 0.272 e. The van der Waals surface area contributed by atoms with E-state index in [-0.39, 0.29) is 17.2 Å². The Bertz CT molecular complexity index is 1280. The van der Waals surface area contributed by atoms with Crippen molar-refractivity contribution in [3.05, 3.63) is 51.1 Å². The van der Waals surface area contributed by atoms with Crippen molar-refractivity contribution in [2.24, 2.45) is 5.92 Å². The summed E-state index contributed by atoms with van der Waals surface area (Å²) in [6.45, 7) is 8.63. The van der Waals surface area contributed by atoms with Crippen LogP contribution in [-0.4, -0.2) is 30.8 Å². The molecule has 9 heteroatoms. The summed E-state index contributed by atoms with van der Waals surface area (Å²) in [5.41, 5.74) is 3.64. The molecule has 0 unspecified atom stereocenters.